The highest BCUT2D eigenvalue weighted by Gasteiger charge is 2.33. The number of hydrogen-bond acceptors (Lipinski definition) is 4. The molecule has 1 aromatic carbocycles. The molecule has 1 saturated heterocycles. The fourth-order valence-corrected chi connectivity index (χ4v) is 4.42. The van der Waals surface area contributed by atoms with Crippen molar-refractivity contribution in [1.82, 2.24) is 15.1 Å². The Morgan fingerprint density at radius 2 is 1.64 bits per heavy atom. The predicted octanol–water partition coefficient (Wildman–Crippen LogP) is 3.58. The van der Waals surface area contributed by atoms with Crippen molar-refractivity contribution in [3.8, 4) is 6.07 Å². The number of nitrogens with zero attached hydrogens (tertiary/aromatic N) is 3. The first-order valence-corrected chi connectivity index (χ1v) is 10.9. The van der Waals surface area contributed by atoms with Crippen LogP contribution in [0.4, 0.5) is 0 Å². The van der Waals surface area contributed by atoms with E-state index in [1.54, 1.807) is 0 Å². The molecule has 3 rings (SSSR count). The number of halogens is 1. The van der Waals surface area contributed by atoms with Crippen molar-refractivity contribution in [3.63, 3.8) is 0 Å². The standard InChI is InChI=1S/C22H31ClN4O/c23-20-8-6-19(7-9-20)16-26-12-5-13-27(15-14-26)17-21(28)25-22(18-24)10-3-1-2-4-11-22/h6-9H,1-5,10-17H2,(H,25,28). The second kappa shape index (κ2) is 10.2. The van der Waals surface area contributed by atoms with E-state index in [9.17, 15) is 10.1 Å². The zero-order valence-electron chi connectivity index (χ0n) is 16.6. The lowest BCUT2D eigenvalue weighted by Gasteiger charge is -2.28. The topological polar surface area (TPSA) is 59.4 Å². The maximum atomic E-state index is 12.6. The molecule has 1 N–H and O–H groups in total. The second-order valence-corrected chi connectivity index (χ2v) is 8.63. The van der Waals surface area contributed by atoms with Gasteiger partial charge in [0, 0.05) is 24.7 Å². The lowest BCUT2D eigenvalue weighted by molar-refractivity contribution is -0.123. The molecular formula is C22H31ClN4O. The molecule has 1 aromatic rings. The molecule has 1 aliphatic carbocycles. The second-order valence-electron chi connectivity index (χ2n) is 8.19. The molecule has 28 heavy (non-hydrogen) atoms. The summed E-state index contributed by atoms with van der Waals surface area (Å²) in [6.07, 6.45) is 6.98. The van der Waals surface area contributed by atoms with Crippen molar-refractivity contribution >= 4 is 17.5 Å². The third-order valence-electron chi connectivity index (χ3n) is 5.92. The largest absolute Gasteiger partial charge is 0.337 e. The molecule has 0 atom stereocenters. The summed E-state index contributed by atoms with van der Waals surface area (Å²) in [4.78, 5) is 17.3. The minimum Gasteiger partial charge on any atom is -0.337 e. The number of carbonyl (C=O) groups excluding carboxylic acids is 1. The Balaban J connectivity index is 1.48. The number of hydrogen-bond donors (Lipinski definition) is 1. The molecule has 0 radical (unpaired) electrons. The molecule has 5 nitrogen and oxygen atoms in total. The van der Waals surface area contributed by atoms with Gasteiger partial charge in [0.15, 0.2) is 0 Å². The average molecular weight is 403 g/mol. The van der Waals surface area contributed by atoms with Crippen LogP contribution in [0.3, 0.4) is 0 Å². The zero-order chi connectivity index (χ0) is 19.8. The summed E-state index contributed by atoms with van der Waals surface area (Å²) in [6.45, 7) is 5.07. The van der Waals surface area contributed by atoms with Crippen LogP contribution in [-0.4, -0.2) is 54.0 Å². The van der Waals surface area contributed by atoms with Gasteiger partial charge in [0.1, 0.15) is 5.54 Å². The normalized spacial score (nSPS) is 21.3. The van der Waals surface area contributed by atoms with E-state index in [4.69, 9.17) is 11.6 Å². The number of nitrogens with one attached hydrogen (secondary N) is 1. The van der Waals surface area contributed by atoms with E-state index in [0.717, 1.165) is 82.7 Å². The molecule has 6 heteroatoms. The van der Waals surface area contributed by atoms with Crippen molar-refractivity contribution in [1.29, 1.82) is 5.26 Å². The number of amides is 1. The van der Waals surface area contributed by atoms with Crippen LogP contribution in [0.25, 0.3) is 0 Å². The van der Waals surface area contributed by atoms with Crippen LogP contribution in [0, 0.1) is 11.3 Å². The zero-order valence-corrected chi connectivity index (χ0v) is 17.4. The van der Waals surface area contributed by atoms with E-state index < -0.39 is 5.54 Å². The molecule has 1 aliphatic heterocycles. The highest BCUT2D eigenvalue weighted by molar-refractivity contribution is 6.30. The van der Waals surface area contributed by atoms with E-state index in [2.05, 4.69) is 33.3 Å². The summed E-state index contributed by atoms with van der Waals surface area (Å²) in [6, 6.07) is 10.4. The van der Waals surface area contributed by atoms with E-state index >= 15 is 0 Å². The molecule has 1 saturated carbocycles. The van der Waals surface area contributed by atoms with Crippen LogP contribution >= 0.6 is 11.6 Å². The lowest BCUT2D eigenvalue weighted by atomic mass is 9.92. The van der Waals surface area contributed by atoms with Crippen LogP contribution in [0.1, 0.15) is 50.5 Å². The van der Waals surface area contributed by atoms with Crippen molar-refractivity contribution in [2.24, 2.45) is 0 Å². The van der Waals surface area contributed by atoms with Gasteiger partial charge in [-0.15, -0.1) is 0 Å². The van der Waals surface area contributed by atoms with Gasteiger partial charge in [0.05, 0.1) is 12.6 Å². The van der Waals surface area contributed by atoms with E-state index in [-0.39, 0.29) is 5.91 Å². The molecule has 0 bridgehead atoms. The minimum atomic E-state index is -0.653. The SMILES string of the molecule is N#CC1(NC(=O)CN2CCCN(Cc3ccc(Cl)cc3)CC2)CCCCCC1. The summed E-state index contributed by atoms with van der Waals surface area (Å²) < 4.78 is 0. The fraction of sp³-hybridized carbons (Fsp3) is 0.636. The van der Waals surface area contributed by atoms with Crippen LogP contribution < -0.4 is 5.32 Å². The van der Waals surface area contributed by atoms with Gasteiger partial charge in [-0.2, -0.15) is 5.26 Å². The van der Waals surface area contributed by atoms with Crippen LogP contribution in [0.5, 0.6) is 0 Å². The molecule has 1 amide bonds. The van der Waals surface area contributed by atoms with E-state index in [1.807, 2.05) is 12.1 Å². The quantitative estimate of drug-likeness (QED) is 0.764. The molecule has 152 valence electrons. The summed E-state index contributed by atoms with van der Waals surface area (Å²) in [5.41, 5.74) is 0.611. The molecule has 2 fully saturated rings. The summed E-state index contributed by atoms with van der Waals surface area (Å²) in [5, 5.41) is 13.5. The molecule has 0 spiro atoms. The van der Waals surface area contributed by atoms with Crippen LogP contribution in [0.15, 0.2) is 24.3 Å². The van der Waals surface area contributed by atoms with Gasteiger partial charge in [0.25, 0.3) is 0 Å². The summed E-state index contributed by atoms with van der Waals surface area (Å²) in [5.74, 6) is -0.00500. The fourth-order valence-electron chi connectivity index (χ4n) is 4.29. The summed E-state index contributed by atoms with van der Waals surface area (Å²) in [7, 11) is 0. The molecule has 2 aliphatic rings. The molecular weight excluding hydrogens is 372 g/mol. The van der Waals surface area contributed by atoms with Gasteiger partial charge in [0.2, 0.25) is 5.91 Å². The maximum Gasteiger partial charge on any atom is 0.235 e. The Hall–Kier alpha value is -1.61. The van der Waals surface area contributed by atoms with Crippen molar-refractivity contribution < 1.29 is 4.79 Å². The first-order chi connectivity index (χ1) is 13.6. The van der Waals surface area contributed by atoms with Crippen LogP contribution in [-0.2, 0) is 11.3 Å². The summed E-state index contributed by atoms with van der Waals surface area (Å²) >= 11 is 5.97. The number of nitriles is 1. The van der Waals surface area contributed by atoms with E-state index in [0.29, 0.717) is 6.54 Å². The van der Waals surface area contributed by atoms with Gasteiger partial charge < -0.3 is 5.32 Å². The molecule has 1 heterocycles. The van der Waals surface area contributed by atoms with Gasteiger partial charge in [-0.3, -0.25) is 14.6 Å². The monoisotopic (exact) mass is 402 g/mol. The highest BCUT2D eigenvalue weighted by Crippen LogP contribution is 2.26. The number of rotatable bonds is 5. The van der Waals surface area contributed by atoms with Gasteiger partial charge >= 0.3 is 0 Å². The Bertz CT molecular complexity index is 677. The van der Waals surface area contributed by atoms with Gasteiger partial charge in [-0.25, -0.2) is 0 Å². The first kappa shape index (κ1) is 21.1. The van der Waals surface area contributed by atoms with Gasteiger partial charge in [-0.1, -0.05) is 49.4 Å². The number of benzene rings is 1. The third-order valence-corrected chi connectivity index (χ3v) is 6.17. The van der Waals surface area contributed by atoms with Crippen molar-refractivity contribution in [2.75, 3.05) is 32.7 Å². The lowest BCUT2D eigenvalue weighted by Crippen LogP contribution is -2.50. The Morgan fingerprint density at radius 1 is 1.00 bits per heavy atom. The van der Waals surface area contributed by atoms with E-state index in [1.165, 1.54) is 5.56 Å². The molecule has 0 aromatic heterocycles. The highest BCUT2D eigenvalue weighted by atomic mass is 35.5. The maximum absolute atomic E-state index is 12.6. The van der Waals surface area contributed by atoms with Crippen molar-refractivity contribution in [3.05, 3.63) is 34.9 Å². The predicted molar refractivity (Wildman–Crippen MR) is 112 cm³/mol. The minimum absolute atomic E-state index is 0.00500. The first-order valence-electron chi connectivity index (χ1n) is 10.5. The molecule has 0 unspecified atom stereocenters. The average Bonchev–Trinajstić information content (AvgIpc) is 3.05. The van der Waals surface area contributed by atoms with Gasteiger partial charge in [-0.05, 0) is 50.0 Å². The Morgan fingerprint density at radius 3 is 2.32 bits per heavy atom. The smallest absolute Gasteiger partial charge is 0.235 e. The number of carbonyl (C=O) groups is 1. The van der Waals surface area contributed by atoms with Crippen LogP contribution in [0.2, 0.25) is 5.02 Å². The Kier molecular flexibility index (Phi) is 7.73. The Labute approximate surface area is 173 Å². The van der Waals surface area contributed by atoms with Crippen molar-refractivity contribution in [2.45, 2.75) is 57.0 Å². The third kappa shape index (κ3) is 6.20.